The summed E-state index contributed by atoms with van der Waals surface area (Å²) in [7, 11) is -2.91. The number of nitrogens with zero attached hydrogens (tertiary/aromatic N) is 1. The van der Waals surface area contributed by atoms with Gasteiger partial charge in [-0.25, -0.2) is 8.42 Å². The summed E-state index contributed by atoms with van der Waals surface area (Å²) in [6.07, 6.45) is 11.0. The molecule has 0 saturated heterocycles. The van der Waals surface area contributed by atoms with Crippen LogP contribution in [0, 0.1) is 5.41 Å². The summed E-state index contributed by atoms with van der Waals surface area (Å²) in [5, 5.41) is 6.66. The maximum Gasteiger partial charge on any atom is 0.191 e. The van der Waals surface area contributed by atoms with Crippen LogP contribution in [0.3, 0.4) is 0 Å². The van der Waals surface area contributed by atoms with Crippen molar-refractivity contribution >= 4 is 39.8 Å². The summed E-state index contributed by atoms with van der Waals surface area (Å²) >= 11 is 0. The van der Waals surface area contributed by atoms with E-state index < -0.39 is 9.84 Å². The highest BCUT2D eigenvalue weighted by atomic mass is 127. The van der Waals surface area contributed by atoms with Gasteiger partial charge in [-0.15, -0.1) is 24.0 Å². The van der Waals surface area contributed by atoms with Crippen LogP contribution in [0.25, 0.3) is 0 Å². The Balaban J connectivity index is 0. The molecular formula is C19H42IN3O2S. The minimum absolute atomic E-state index is 0. The molecule has 0 bridgehead atoms. The van der Waals surface area contributed by atoms with Crippen molar-refractivity contribution in [3.8, 4) is 0 Å². The van der Waals surface area contributed by atoms with Gasteiger partial charge in [0.1, 0.15) is 9.84 Å². The molecule has 0 aliphatic rings. The van der Waals surface area contributed by atoms with Gasteiger partial charge in [0, 0.05) is 25.9 Å². The van der Waals surface area contributed by atoms with E-state index in [0.29, 0.717) is 13.0 Å². The van der Waals surface area contributed by atoms with E-state index in [1.165, 1.54) is 44.8 Å². The standard InChI is InChI=1S/C19H41N3O2S.HI/c1-6-8-9-10-11-12-13-15-21-18(20-7-2)22-17-19(3,4)14-16-25(5,23)24;/h6-17H2,1-5H3,(H2,20,21,22);1H. The summed E-state index contributed by atoms with van der Waals surface area (Å²) < 4.78 is 22.7. The number of sulfone groups is 1. The van der Waals surface area contributed by atoms with Crippen molar-refractivity contribution in [2.24, 2.45) is 10.4 Å². The molecule has 0 aliphatic carbocycles. The summed E-state index contributed by atoms with van der Waals surface area (Å²) in [5.74, 6) is 1.05. The Kier molecular flexibility index (Phi) is 17.3. The van der Waals surface area contributed by atoms with E-state index in [1.54, 1.807) is 0 Å². The molecule has 7 heteroatoms. The molecule has 0 aromatic heterocycles. The van der Waals surface area contributed by atoms with Gasteiger partial charge in [-0.2, -0.15) is 0 Å². The second-order valence-electron chi connectivity index (χ2n) is 7.79. The van der Waals surface area contributed by atoms with Gasteiger partial charge in [0.2, 0.25) is 0 Å². The highest BCUT2D eigenvalue weighted by Crippen LogP contribution is 2.21. The molecule has 0 atom stereocenters. The quantitative estimate of drug-likeness (QED) is 0.160. The number of nitrogens with one attached hydrogen (secondary N) is 2. The molecular weight excluding hydrogens is 461 g/mol. The number of rotatable bonds is 14. The first-order valence-corrected chi connectivity index (χ1v) is 12.0. The summed E-state index contributed by atoms with van der Waals surface area (Å²) in [4.78, 5) is 4.64. The maximum absolute atomic E-state index is 11.3. The van der Waals surface area contributed by atoms with Crippen LogP contribution < -0.4 is 10.6 Å². The van der Waals surface area contributed by atoms with Gasteiger partial charge in [0.25, 0.3) is 0 Å². The number of halogens is 1. The lowest BCUT2D eigenvalue weighted by molar-refractivity contribution is 0.365. The third-order valence-electron chi connectivity index (χ3n) is 4.23. The molecule has 0 heterocycles. The first-order valence-electron chi connectivity index (χ1n) is 9.90. The number of guanidine groups is 1. The lowest BCUT2D eigenvalue weighted by Gasteiger charge is -2.22. The Bertz CT molecular complexity index is 465. The predicted molar refractivity (Wildman–Crippen MR) is 125 cm³/mol. The molecule has 0 aliphatic heterocycles. The molecule has 0 saturated carbocycles. The number of unbranched alkanes of at least 4 members (excludes halogenated alkanes) is 6. The van der Waals surface area contributed by atoms with E-state index in [1.807, 2.05) is 0 Å². The van der Waals surface area contributed by atoms with Crippen molar-refractivity contribution in [2.45, 2.75) is 79.1 Å². The summed E-state index contributed by atoms with van der Waals surface area (Å²) in [6, 6.07) is 0. The molecule has 0 rings (SSSR count). The van der Waals surface area contributed by atoms with E-state index in [-0.39, 0.29) is 35.1 Å². The molecule has 0 aromatic rings. The molecule has 2 N–H and O–H groups in total. The molecule has 26 heavy (non-hydrogen) atoms. The molecule has 0 aromatic carbocycles. The van der Waals surface area contributed by atoms with Gasteiger partial charge >= 0.3 is 0 Å². The molecule has 0 unspecified atom stereocenters. The summed E-state index contributed by atoms with van der Waals surface area (Å²) in [6.45, 7) is 10.8. The van der Waals surface area contributed by atoms with Crippen LogP contribution in [0.4, 0.5) is 0 Å². The van der Waals surface area contributed by atoms with Gasteiger partial charge in [-0.1, -0.05) is 59.3 Å². The monoisotopic (exact) mass is 503 g/mol. The van der Waals surface area contributed by atoms with Crippen LogP contribution in [-0.4, -0.2) is 46.0 Å². The first-order chi connectivity index (χ1) is 11.7. The SMILES string of the molecule is CCCCCCCCCNC(=NCC(C)(C)CCS(C)(=O)=O)NCC.I. The molecule has 158 valence electrons. The van der Waals surface area contributed by atoms with Crippen molar-refractivity contribution in [2.75, 3.05) is 31.6 Å². The van der Waals surface area contributed by atoms with Crippen molar-refractivity contribution < 1.29 is 8.42 Å². The maximum atomic E-state index is 11.3. The zero-order valence-electron chi connectivity index (χ0n) is 17.6. The van der Waals surface area contributed by atoms with E-state index in [9.17, 15) is 8.42 Å². The molecule has 0 fully saturated rings. The van der Waals surface area contributed by atoms with Crippen molar-refractivity contribution in [1.29, 1.82) is 0 Å². The zero-order chi connectivity index (χ0) is 19.2. The average Bonchev–Trinajstić information content (AvgIpc) is 2.53. The average molecular weight is 504 g/mol. The fourth-order valence-electron chi connectivity index (χ4n) is 2.46. The lowest BCUT2D eigenvalue weighted by atomic mass is 9.90. The highest BCUT2D eigenvalue weighted by Gasteiger charge is 2.20. The van der Waals surface area contributed by atoms with Crippen LogP contribution >= 0.6 is 24.0 Å². The zero-order valence-corrected chi connectivity index (χ0v) is 20.7. The Morgan fingerprint density at radius 2 is 1.54 bits per heavy atom. The molecule has 5 nitrogen and oxygen atoms in total. The topological polar surface area (TPSA) is 70.6 Å². The van der Waals surface area contributed by atoms with E-state index in [2.05, 4.69) is 43.3 Å². The minimum atomic E-state index is -2.91. The third kappa shape index (κ3) is 18.7. The molecule has 0 radical (unpaired) electrons. The van der Waals surface area contributed by atoms with Crippen LogP contribution in [0.5, 0.6) is 0 Å². The Morgan fingerprint density at radius 1 is 0.962 bits per heavy atom. The predicted octanol–water partition coefficient (Wildman–Crippen LogP) is 4.37. The first kappa shape index (κ1) is 28.2. The molecule has 0 spiro atoms. The third-order valence-corrected chi connectivity index (χ3v) is 5.18. The van der Waals surface area contributed by atoms with E-state index in [0.717, 1.165) is 25.5 Å². The van der Waals surface area contributed by atoms with E-state index in [4.69, 9.17) is 0 Å². The normalized spacial score (nSPS) is 12.6. The van der Waals surface area contributed by atoms with Gasteiger partial charge in [-0.05, 0) is 25.2 Å². The van der Waals surface area contributed by atoms with Gasteiger partial charge in [-0.3, -0.25) is 4.99 Å². The Hall–Kier alpha value is -0.0500. The Labute approximate surface area is 179 Å². The van der Waals surface area contributed by atoms with Crippen molar-refractivity contribution in [3.05, 3.63) is 0 Å². The van der Waals surface area contributed by atoms with Gasteiger partial charge in [0.15, 0.2) is 5.96 Å². The van der Waals surface area contributed by atoms with Crippen LogP contribution in [0.1, 0.15) is 79.1 Å². The smallest absolute Gasteiger partial charge is 0.191 e. The highest BCUT2D eigenvalue weighted by molar-refractivity contribution is 14.0. The Morgan fingerprint density at radius 3 is 2.08 bits per heavy atom. The minimum Gasteiger partial charge on any atom is -0.357 e. The summed E-state index contributed by atoms with van der Waals surface area (Å²) in [5.41, 5.74) is -0.120. The second-order valence-corrected chi connectivity index (χ2v) is 10.0. The van der Waals surface area contributed by atoms with Crippen LogP contribution in [0.15, 0.2) is 4.99 Å². The number of hydrogen-bond acceptors (Lipinski definition) is 3. The van der Waals surface area contributed by atoms with Crippen molar-refractivity contribution in [1.82, 2.24) is 10.6 Å². The van der Waals surface area contributed by atoms with Gasteiger partial charge in [0.05, 0.1) is 5.75 Å². The van der Waals surface area contributed by atoms with Gasteiger partial charge < -0.3 is 10.6 Å². The van der Waals surface area contributed by atoms with E-state index >= 15 is 0 Å². The lowest BCUT2D eigenvalue weighted by Crippen LogP contribution is -2.38. The molecule has 0 amide bonds. The fourth-order valence-corrected chi connectivity index (χ4v) is 3.39. The van der Waals surface area contributed by atoms with Crippen LogP contribution in [0.2, 0.25) is 0 Å². The number of aliphatic imine (C=N–C) groups is 1. The second kappa shape index (κ2) is 16.0. The fraction of sp³-hybridized carbons (Fsp3) is 0.947. The number of hydrogen-bond donors (Lipinski definition) is 2. The largest absolute Gasteiger partial charge is 0.357 e. The van der Waals surface area contributed by atoms with Crippen molar-refractivity contribution in [3.63, 3.8) is 0 Å². The van der Waals surface area contributed by atoms with Crippen LogP contribution in [-0.2, 0) is 9.84 Å².